The van der Waals surface area contributed by atoms with Crippen molar-refractivity contribution in [1.82, 2.24) is 9.80 Å². The molecule has 0 spiro atoms. The van der Waals surface area contributed by atoms with Crippen LogP contribution >= 0.6 is 0 Å². The van der Waals surface area contributed by atoms with E-state index >= 15 is 0 Å². The SMILES string of the molecule is CCOc1ccc(CN(CC)C(=O)C2CCCN(C(=O)c3ccco3)C2)cc1OC. The van der Waals surface area contributed by atoms with Crippen LogP contribution < -0.4 is 9.47 Å². The highest BCUT2D eigenvalue weighted by molar-refractivity contribution is 5.92. The Morgan fingerprint density at radius 2 is 2.07 bits per heavy atom. The van der Waals surface area contributed by atoms with Crippen molar-refractivity contribution in [3.8, 4) is 11.5 Å². The molecule has 1 atom stereocenters. The van der Waals surface area contributed by atoms with Gasteiger partial charge in [-0.3, -0.25) is 9.59 Å². The van der Waals surface area contributed by atoms with E-state index in [-0.39, 0.29) is 17.7 Å². The van der Waals surface area contributed by atoms with E-state index in [2.05, 4.69) is 0 Å². The number of rotatable bonds is 8. The third kappa shape index (κ3) is 4.96. The van der Waals surface area contributed by atoms with Crippen molar-refractivity contribution >= 4 is 11.8 Å². The minimum absolute atomic E-state index is 0.0716. The molecule has 1 aliphatic rings. The Morgan fingerprint density at radius 1 is 1.23 bits per heavy atom. The number of hydrogen-bond donors (Lipinski definition) is 0. The first kappa shape index (κ1) is 21.7. The Bertz CT molecular complexity index is 849. The normalized spacial score (nSPS) is 16.2. The number of amides is 2. The molecule has 1 aromatic carbocycles. The fourth-order valence-electron chi connectivity index (χ4n) is 3.83. The van der Waals surface area contributed by atoms with E-state index in [1.807, 2.05) is 36.9 Å². The third-order valence-corrected chi connectivity index (χ3v) is 5.38. The van der Waals surface area contributed by atoms with Crippen LogP contribution in [-0.2, 0) is 11.3 Å². The molecule has 7 heteroatoms. The van der Waals surface area contributed by atoms with Crippen LogP contribution in [0.15, 0.2) is 41.0 Å². The summed E-state index contributed by atoms with van der Waals surface area (Å²) < 4.78 is 16.2. The number of furan rings is 1. The van der Waals surface area contributed by atoms with Crippen LogP contribution in [0.1, 0.15) is 42.8 Å². The zero-order valence-electron chi connectivity index (χ0n) is 17.9. The van der Waals surface area contributed by atoms with Crippen LogP contribution in [0.5, 0.6) is 11.5 Å². The predicted molar refractivity (Wildman–Crippen MR) is 113 cm³/mol. The lowest BCUT2D eigenvalue weighted by atomic mass is 9.96. The highest BCUT2D eigenvalue weighted by Gasteiger charge is 2.32. The number of hydrogen-bond acceptors (Lipinski definition) is 5. The minimum atomic E-state index is -0.206. The van der Waals surface area contributed by atoms with E-state index < -0.39 is 0 Å². The number of benzene rings is 1. The van der Waals surface area contributed by atoms with Gasteiger partial charge in [-0.25, -0.2) is 0 Å². The molecule has 7 nitrogen and oxygen atoms in total. The van der Waals surface area contributed by atoms with Gasteiger partial charge < -0.3 is 23.7 Å². The minimum Gasteiger partial charge on any atom is -0.493 e. The Morgan fingerprint density at radius 3 is 2.73 bits per heavy atom. The average Bonchev–Trinajstić information content (AvgIpc) is 3.32. The average molecular weight is 415 g/mol. The van der Waals surface area contributed by atoms with Gasteiger partial charge in [0.15, 0.2) is 17.3 Å². The van der Waals surface area contributed by atoms with Crippen LogP contribution in [0.4, 0.5) is 0 Å². The first-order valence-corrected chi connectivity index (χ1v) is 10.5. The Kier molecular flexibility index (Phi) is 7.38. The second-order valence-electron chi connectivity index (χ2n) is 7.34. The molecule has 2 heterocycles. The lowest BCUT2D eigenvalue weighted by Crippen LogP contribution is -2.46. The first-order chi connectivity index (χ1) is 14.6. The zero-order chi connectivity index (χ0) is 21.5. The molecule has 2 aromatic rings. The molecule has 1 aromatic heterocycles. The smallest absolute Gasteiger partial charge is 0.289 e. The van der Waals surface area contributed by atoms with Crippen molar-refractivity contribution in [1.29, 1.82) is 0 Å². The number of nitrogens with zero attached hydrogens (tertiary/aromatic N) is 2. The summed E-state index contributed by atoms with van der Waals surface area (Å²) in [6, 6.07) is 9.10. The Balaban J connectivity index is 1.67. The highest BCUT2D eigenvalue weighted by atomic mass is 16.5. The number of carbonyl (C=O) groups is 2. The summed E-state index contributed by atoms with van der Waals surface area (Å²) in [6.07, 6.45) is 3.07. The van der Waals surface area contributed by atoms with E-state index in [9.17, 15) is 9.59 Å². The van der Waals surface area contributed by atoms with E-state index in [0.29, 0.717) is 50.0 Å². The summed E-state index contributed by atoms with van der Waals surface area (Å²) >= 11 is 0. The quantitative estimate of drug-likeness (QED) is 0.660. The van der Waals surface area contributed by atoms with Crippen molar-refractivity contribution in [3.63, 3.8) is 0 Å². The molecular weight excluding hydrogens is 384 g/mol. The predicted octanol–water partition coefficient (Wildman–Crippen LogP) is 3.59. The van der Waals surface area contributed by atoms with Crippen LogP contribution in [0.2, 0.25) is 0 Å². The van der Waals surface area contributed by atoms with Crippen LogP contribution in [0.3, 0.4) is 0 Å². The molecule has 0 aliphatic carbocycles. The van der Waals surface area contributed by atoms with Gasteiger partial charge in [0.25, 0.3) is 5.91 Å². The summed E-state index contributed by atoms with van der Waals surface area (Å²) in [4.78, 5) is 29.4. The van der Waals surface area contributed by atoms with Gasteiger partial charge in [0.1, 0.15) is 0 Å². The number of carbonyl (C=O) groups excluding carboxylic acids is 2. The fraction of sp³-hybridized carbons (Fsp3) is 0.478. The Labute approximate surface area is 177 Å². The molecular formula is C23H30N2O5. The lowest BCUT2D eigenvalue weighted by Gasteiger charge is -2.34. The second kappa shape index (κ2) is 10.2. The molecule has 0 N–H and O–H groups in total. The maximum absolute atomic E-state index is 13.2. The molecule has 1 fully saturated rings. The van der Waals surface area contributed by atoms with Gasteiger partial charge in [-0.05, 0) is 56.5 Å². The first-order valence-electron chi connectivity index (χ1n) is 10.5. The fourth-order valence-corrected chi connectivity index (χ4v) is 3.83. The van der Waals surface area contributed by atoms with Gasteiger partial charge in [-0.15, -0.1) is 0 Å². The molecule has 30 heavy (non-hydrogen) atoms. The van der Waals surface area contributed by atoms with Crippen LogP contribution in [-0.4, -0.2) is 55.0 Å². The van der Waals surface area contributed by atoms with Crippen LogP contribution in [0.25, 0.3) is 0 Å². The maximum atomic E-state index is 13.2. The van der Waals surface area contributed by atoms with Gasteiger partial charge in [-0.1, -0.05) is 6.07 Å². The van der Waals surface area contributed by atoms with Gasteiger partial charge in [-0.2, -0.15) is 0 Å². The van der Waals surface area contributed by atoms with Gasteiger partial charge in [0.05, 0.1) is 25.9 Å². The molecule has 0 bridgehead atoms. The van der Waals surface area contributed by atoms with Gasteiger partial charge in [0, 0.05) is 26.2 Å². The summed E-state index contributed by atoms with van der Waals surface area (Å²) in [5, 5.41) is 0. The summed E-state index contributed by atoms with van der Waals surface area (Å²) in [7, 11) is 1.61. The second-order valence-corrected chi connectivity index (χ2v) is 7.34. The molecule has 162 valence electrons. The van der Waals surface area contributed by atoms with Crippen molar-refractivity contribution in [2.75, 3.05) is 33.4 Å². The number of ether oxygens (including phenoxy) is 2. The monoisotopic (exact) mass is 414 g/mol. The van der Waals surface area contributed by atoms with Gasteiger partial charge >= 0.3 is 0 Å². The maximum Gasteiger partial charge on any atom is 0.289 e. The number of methoxy groups -OCH3 is 1. The molecule has 2 amide bonds. The van der Waals surface area contributed by atoms with Crippen molar-refractivity contribution in [2.24, 2.45) is 5.92 Å². The summed E-state index contributed by atoms with van der Waals surface area (Å²) in [6.45, 7) is 6.60. The molecule has 1 saturated heterocycles. The van der Waals surface area contributed by atoms with Crippen molar-refractivity contribution in [3.05, 3.63) is 47.9 Å². The lowest BCUT2D eigenvalue weighted by molar-refractivity contribution is -0.137. The van der Waals surface area contributed by atoms with E-state index in [0.717, 1.165) is 18.4 Å². The highest BCUT2D eigenvalue weighted by Crippen LogP contribution is 2.29. The molecule has 1 unspecified atom stereocenters. The standard InChI is InChI=1S/C23H30N2O5/c1-4-24(15-17-10-11-19(29-5-2)21(14-17)28-3)22(26)18-8-6-12-25(16-18)23(27)20-9-7-13-30-20/h7,9-11,13-14,18H,4-6,8,12,15-16H2,1-3H3. The topological polar surface area (TPSA) is 72.2 Å². The number of likely N-dealkylation sites (tertiary alicyclic amines) is 1. The summed E-state index contributed by atoms with van der Waals surface area (Å²) in [5.41, 5.74) is 0.977. The Hall–Kier alpha value is -2.96. The molecule has 0 saturated carbocycles. The number of piperidine rings is 1. The largest absolute Gasteiger partial charge is 0.493 e. The van der Waals surface area contributed by atoms with Crippen LogP contribution in [0, 0.1) is 5.92 Å². The van der Waals surface area contributed by atoms with Gasteiger partial charge in [0.2, 0.25) is 5.91 Å². The third-order valence-electron chi connectivity index (χ3n) is 5.38. The van der Waals surface area contributed by atoms with Crippen molar-refractivity contribution < 1.29 is 23.5 Å². The molecule has 0 radical (unpaired) electrons. The van der Waals surface area contributed by atoms with Crippen molar-refractivity contribution in [2.45, 2.75) is 33.2 Å². The molecule has 3 rings (SSSR count). The zero-order valence-corrected chi connectivity index (χ0v) is 17.9. The van der Waals surface area contributed by atoms with E-state index in [1.165, 1.54) is 6.26 Å². The summed E-state index contributed by atoms with van der Waals surface area (Å²) in [5.74, 6) is 1.38. The molecule has 1 aliphatic heterocycles. The van der Waals surface area contributed by atoms with E-state index in [1.54, 1.807) is 24.1 Å². The van der Waals surface area contributed by atoms with E-state index in [4.69, 9.17) is 13.9 Å².